The van der Waals surface area contributed by atoms with E-state index < -0.39 is 0 Å². The van der Waals surface area contributed by atoms with Gasteiger partial charge in [-0.25, -0.2) is 0 Å². The second-order valence-electron chi connectivity index (χ2n) is 6.45. The van der Waals surface area contributed by atoms with E-state index in [9.17, 15) is 4.79 Å². The topological polar surface area (TPSA) is 72.4 Å². The van der Waals surface area contributed by atoms with E-state index in [0.717, 1.165) is 28.9 Å². The van der Waals surface area contributed by atoms with Crippen molar-refractivity contribution in [1.29, 1.82) is 0 Å². The van der Waals surface area contributed by atoms with Gasteiger partial charge in [0.1, 0.15) is 11.5 Å². The minimum Gasteiger partial charge on any atom is -0.466 e. The van der Waals surface area contributed by atoms with Crippen molar-refractivity contribution in [2.75, 3.05) is 0 Å². The molecule has 0 aromatic carbocycles. The lowest BCUT2D eigenvalue weighted by Crippen LogP contribution is -2.24. The average Bonchev–Trinajstić information content (AvgIpc) is 3.02. The standard InChI is InChI=1S/C18H20N4O2/c1-12-10-14(12)15-7-5-13(24-15)6-8-18(23)19-11-17-21-20-16-4-2-3-9-22(16)17/h2-5,7,9,12,14H,6,8,10-11H2,1H3,(H,19,23). The summed E-state index contributed by atoms with van der Waals surface area (Å²) in [5, 5.41) is 11.1. The van der Waals surface area contributed by atoms with E-state index in [1.165, 1.54) is 6.42 Å². The summed E-state index contributed by atoms with van der Waals surface area (Å²) in [6.07, 6.45) is 4.12. The molecule has 3 aromatic heterocycles. The molecule has 4 rings (SSSR count). The van der Waals surface area contributed by atoms with Crippen LogP contribution in [0.15, 0.2) is 40.9 Å². The fraction of sp³-hybridized carbons (Fsp3) is 0.389. The number of aryl methyl sites for hydroxylation is 1. The SMILES string of the molecule is CC1CC1c1ccc(CCC(=O)NCc2nnc3ccccn23)o1. The number of aromatic nitrogens is 3. The van der Waals surface area contributed by atoms with Crippen LogP contribution in [0.1, 0.15) is 43.0 Å². The van der Waals surface area contributed by atoms with Crippen molar-refractivity contribution in [2.24, 2.45) is 5.92 Å². The minimum atomic E-state index is -0.0135. The maximum atomic E-state index is 12.0. The van der Waals surface area contributed by atoms with Gasteiger partial charge in [0.05, 0.1) is 6.54 Å². The zero-order chi connectivity index (χ0) is 16.5. The predicted molar refractivity (Wildman–Crippen MR) is 88.4 cm³/mol. The number of nitrogens with zero attached hydrogens (tertiary/aromatic N) is 3. The zero-order valence-electron chi connectivity index (χ0n) is 13.6. The number of carbonyl (C=O) groups is 1. The number of hydrogen-bond donors (Lipinski definition) is 1. The molecule has 6 nitrogen and oxygen atoms in total. The number of pyridine rings is 1. The van der Waals surface area contributed by atoms with Crippen LogP contribution in [0.2, 0.25) is 0 Å². The first-order valence-electron chi connectivity index (χ1n) is 8.34. The second kappa shape index (κ2) is 6.11. The lowest BCUT2D eigenvalue weighted by molar-refractivity contribution is -0.121. The maximum absolute atomic E-state index is 12.0. The van der Waals surface area contributed by atoms with Crippen LogP contribution in [0.25, 0.3) is 5.65 Å². The fourth-order valence-electron chi connectivity index (χ4n) is 2.96. The molecule has 6 heteroatoms. The van der Waals surface area contributed by atoms with Gasteiger partial charge in [-0.05, 0) is 36.6 Å². The Balaban J connectivity index is 1.28. The van der Waals surface area contributed by atoms with Crippen LogP contribution in [0.3, 0.4) is 0 Å². The van der Waals surface area contributed by atoms with E-state index in [1.54, 1.807) is 0 Å². The average molecular weight is 324 g/mol. The van der Waals surface area contributed by atoms with E-state index >= 15 is 0 Å². The first kappa shape index (κ1) is 14.9. The highest BCUT2D eigenvalue weighted by atomic mass is 16.3. The van der Waals surface area contributed by atoms with Crippen LogP contribution in [-0.4, -0.2) is 20.5 Å². The van der Waals surface area contributed by atoms with Gasteiger partial charge >= 0.3 is 0 Å². The van der Waals surface area contributed by atoms with Gasteiger partial charge < -0.3 is 9.73 Å². The predicted octanol–water partition coefficient (Wildman–Crippen LogP) is 2.69. The molecule has 124 valence electrons. The van der Waals surface area contributed by atoms with E-state index in [1.807, 2.05) is 40.9 Å². The van der Waals surface area contributed by atoms with Crippen molar-refractivity contribution in [3.8, 4) is 0 Å². The number of fused-ring (bicyclic) bond motifs is 1. The van der Waals surface area contributed by atoms with E-state index in [4.69, 9.17) is 4.42 Å². The van der Waals surface area contributed by atoms with Crippen LogP contribution >= 0.6 is 0 Å². The summed E-state index contributed by atoms with van der Waals surface area (Å²) in [5.74, 6) is 3.96. The lowest BCUT2D eigenvalue weighted by atomic mass is 10.2. The van der Waals surface area contributed by atoms with Gasteiger partial charge in [-0.2, -0.15) is 0 Å². The van der Waals surface area contributed by atoms with Crippen LogP contribution in [0, 0.1) is 5.92 Å². The van der Waals surface area contributed by atoms with Crippen LogP contribution in [0.4, 0.5) is 0 Å². The maximum Gasteiger partial charge on any atom is 0.220 e. The normalized spacial score (nSPS) is 19.5. The lowest BCUT2D eigenvalue weighted by Gasteiger charge is -2.03. The molecular weight excluding hydrogens is 304 g/mol. The summed E-state index contributed by atoms with van der Waals surface area (Å²) in [5.41, 5.74) is 0.777. The van der Waals surface area contributed by atoms with Crippen molar-refractivity contribution < 1.29 is 9.21 Å². The fourth-order valence-corrected chi connectivity index (χ4v) is 2.96. The number of hydrogen-bond acceptors (Lipinski definition) is 4. The van der Waals surface area contributed by atoms with Crippen molar-refractivity contribution in [3.05, 3.63) is 53.9 Å². The van der Waals surface area contributed by atoms with Crippen molar-refractivity contribution in [3.63, 3.8) is 0 Å². The van der Waals surface area contributed by atoms with Gasteiger partial charge in [0.2, 0.25) is 5.91 Å². The number of carbonyl (C=O) groups excluding carboxylic acids is 1. The molecule has 1 N–H and O–H groups in total. The molecule has 0 aliphatic heterocycles. The first-order valence-corrected chi connectivity index (χ1v) is 8.34. The van der Waals surface area contributed by atoms with E-state index in [0.29, 0.717) is 25.3 Å². The third-order valence-electron chi connectivity index (χ3n) is 4.58. The molecule has 0 bridgehead atoms. The summed E-state index contributed by atoms with van der Waals surface area (Å²) in [7, 11) is 0. The van der Waals surface area contributed by atoms with Gasteiger partial charge in [0.25, 0.3) is 0 Å². The molecular formula is C18H20N4O2. The highest BCUT2D eigenvalue weighted by molar-refractivity contribution is 5.76. The summed E-state index contributed by atoms with van der Waals surface area (Å²) in [6, 6.07) is 9.74. The summed E-state index contributed by atoms with van der Waals surface area (Å²) in [6.45, 7) is 2.60. The number of furan rings is 1. The molecule has 0 spiro atoms. The van der Waals surface area contributed by atoms with Crippen molar-refractivity contribution >= 4 is 11.6 Å². The number of amides is 1. The molecule has 1 saturated carbocycles. The first-order chi connectivity index (χ1) is 11.7. The molecule has 2 unspecified atom stereocenters. The molecule has 1 amide bonds. The summed E-state index contributed by atoms with van der Waals surface area (Å²) in [4.78, 5) is 12.0. The third-order valence-corrected chi connectivity index (χ3v) is 4.58. The van der Waals surface area contributed by atoms with Crippen LogP contribution < -0.4 is 5.32 Å². The minimum absolute atomic E-state index is 0.0135. The Morgan fingerprint density at radius 2 is 2.21 bits per heavy atom. The number of nitrogens with one attached hydrogen (secondary N) is 1. The number of rotatable bonds is 6. The third kappa shape index (κ3) is 3.04. The van der Waals surface area contributed by atoms with Crippen LogP contribution in [-0.2, 0) is 17.8 Å². The summed E-state index contributed by atoms with van der Waals surface area (Å²) < 4.78 is 7.70. The highest BCUT2D eigenvalue weighted by Gasteiger charge is 2.36. The molecule has 24 heavy (non-hydrogen) atoms. The summed E-state index contributed by atoms with van der Waals surface area (Å²) >= 11 is 0. The Morgan fingerprint density at radius 1 is 1.33 bits per heavy atom. The highest BCUT2D eigenvalue weighted by Crippen LogP contribution is 2.47. The molecule has 0 radical (unpaired) electrons. The molecule has 1 fully saturated rings. The van der Waals surface area contributed by atoms with Gasteiger partial charge in [0, 0.05) is 25.0 Å². The Bertz CT molecular complexity index is 867. The molecule has 2 atom stereocenters. The van der Waals surface area contributed by atoms with Crippen molar-refractivity contribution in [2.45, 2.75) is 38.6 Å². The molecule has 1 aliphatic rings. The van der Waals surface area contributed by atoms with E-state index in [-0.39, 0.29) is 5.91 Å². The molecule has 1 aliphatic carbocycles. The van der Waals surface area contributed by atoms with Gasteiger partial charge in [-0.1, -0.05) is 13.0 Å². The molecule has 3 aromatic rings. The molecule has 0 saturated heterocycles. The Morgan fingerprint density at radius 3 is 3.04 bits per heavy atom. The molecule has 3 heterocycles. The Hall–Kier alpha value is -2.63. The van der Waals surface area contributed by atoms with Gasteiger partial charge in [-0.3, -0.25) is 9.20 Å². The Kier molecular flexibility index (Phi) is 3.80. The monoisotopic (exact) mass is 324 g/mol. The quantitative estimate of drug-likeness (QED) is 0.756. The van der Waals surface area contributed by atoms with Crippen molar-refractivity contribution in [1.82, 2.24) is 19.9 Å². The van der Waals surface area contributed by atoms with E-state index in [2.05, 4.69) is 22.4 Å². The smallest absolute Gasteiger partial charge is 0.220 e. The van der Waals surface area contributed by atoms with Gasteiger partial charge in [-0.15, -0.1) is 10.2 Å². The van der Waals surface area contributed by atoms with Crippen LogP contribution in [0.5, 0.6) is 0 Å². The largest absolute Gasteiger partial charge is 0.466 e. The van der Waals surface area contributed by atoms with Gasteiger partial charge in [0.15, 0.2) is 11.5 Å². The zero-order valence-corrected chi connectivity index (χ0v) is 13.6. The second-order valence-corrected chi connectivity index (χ2v) is 6.45. The Labute approximate surface area is 139 Å².